The van der Waals surface area contributed by atoms with Gasteiger partial charge in [0.05, 0.1) is 12.4 Å². The van der Waals surface area contributed by atoms with Crippen LogP contribution in [0.15, 0.2) is 30.7 Å². The minimum Gasteiger partial charge on any atom is -0.436 e. The third kappa shape index (κ3) is 3.30. The van der Waals surface area contributed by atoms with Crippen LogP contribution in [0.5, 0.6) is 11.6 Å². The van der Waals surface area contributed by atoms with Crippen molar-refractivity contribution in [1.29, 1.82) is 0 Å². The molecule has 0 fully saturated rings. The standard InChI is InChI=1S/C13H18N4O/c1-3-17-9-12(8-16-17)18-13-5-4-11(7-15-13)6-10(2)14/h4-5,7-10H,3,6,14H2,1-2H3. The maximum Gasteiger partial charge on any atom is 0.219 e. The molecule has 0 saturated carbocycles. The number of rotatable bonds is 5. The first-order chi connectivity index (χ1) is 8.67. The van der Waals surface area contributed by atoms with Crippen molar-refractivity contribution in [1.82, 2.24) is 14.8 Å². The van der Waals surface area contributed by atoms with Crippen LogP contribution in [0, 0.1) is 0 Å². The van der Waals surface area contributed by atoms with Crippen molar-refractivity contribution in [3.05, 3.63) is 36.3 Å². The highest BCUT2D eigenvalue weighted by molar-refractivity contribution is 5.24. The summed E-state index contributed by atoms with van der Waals surface area (Å²) in [5.41, 5.74) is 6.85. The van der Waals surface area contributed by atoms with Crippen molar-refractivity contribution < 1.29 is 4.74 Å². The number of hydrogen-bond donors (Lipinski definition) is 1. The molecule has 0 bridgehead atoms. The Morgan fingerprint density at radius 1 is 1.39 bits per heavy atom. The van der Waals surface area contributed by atoms with Crippen molar-refractivity contribution in [2.24, 2.45) is 5.73 Å². The summed E-state index contributed by atoms with van der Waals surface area (Å²) in [5.74, 6) is 1.27. The number of nitrogens with two attached hydrogens (primary N) is 1. The van der Waals surface area contributed by atoms with Crippen LogP contribution in [0.25, 0.3) is 0 Å². The zero-order valence-electron chi connectivity index (χ0n) is 10.7. The van der Waals surface area contributed by atoms with E-state index in [-0.39, 0.29) is 6.04 Å². The number of pyridine rings is 1. The summed E-state index contributed by atoms with van der Waals surface area (Å²) in [4.78, 5) is 4.25. The van der Waals surface area contributed by atoms with Gasteiger partial charge >= 0.3 is 0 Å². The molecule has 0 saturated heterocycles. The van der Waals surface area contributed by atoms with Gasteiger partial charge in [-0.1, -0.05) is 6.07 Å². The van der Waals surface area contributed by atoms with Gasteiger partial charge in [0.15, 0.2) is 5.75 Å². The molecule has 2 heterocycles. The van der Waals surface area contributed by atoms with Gasteiger partial charge in [0.2, 0.25) is 5.88 Å². The number of nitrogens with zero attached hydrogens (tertiary/aromatic N) is 3. The molecule has 2 N–H and O–H groups in total. The summed E-state index contributed by atoms with van der Waals surface area (Å²) in [6.45, 7) is 4.82. The number of hydrogen-bond acceptors (Lipinski definition) is 4. The molecule has 96 valence electrons. The molecule has 18 heavy (non-hydrogen) atoms. The number of aromatic nitrogens is 3. The molecule has 5 nitrogen and oxygen atoms in total. The second-order valence-electron chi connectivity index (χ2n) is 4.32. The van der Waals surface area contributed by atoms with E-state index in [1.165, 1.54) is 0 Å². The first kappa shape index (κ1) is 12.6. The predicted molar refractivity (Wildman–Crippen MR) is 69.6 cm³/mol. The van der Waals surface area contributed by atoms with Crippen LogP contribution in [0.4, 0.5) is 0 Å². The van der Waals surface area contributed by atoms with Gasteiger partial charge < -0.3 is 10.5 Å². The molecule has 0 radical (unpaired) electrons. The van der Waals surface area contributed by atoms with E-state index in [0.717, 1.165) is 18.5 Å². The largest absolute Gasteiger partial charge is 0.436 e. The molecule has 1 unspecified atom stereocenters. The quantitative estimate of drug-likeness (QED) is 0.876. The summed E-state index contributed by atoms with van der Waals surface area (Å²) in [7, 11) is 0. The molecule has 2 aromatic heterocycles. The third-order valence-corrected chi connectivity index (χ3v) is 2.51. The maximum atomic E-state index is 5.73. The lowest BCUT2D eigenvalue weighted by atomic mass is 10.1. The van der Waals surface area contributed by atoms with E-state index in [0.29, 0.717) is 11.6 Å². The lowest BCUT2D eigenvalue weighted by Gasteiger charge is -2.06. The molecule has 0 spiro atoms. The summed E-state index contributed by atoms with van der Waals surface area (Å²) in [5, 5.41) is 4.14. The van der Waals surface area contributed by atoms with Crippen LogP contribution < -0.4 is 10.5 Å². The van der Waals surface area contributed by atoms with Crippen molar-refractivity contribution >= 4 is 0 Å². The van der Waals surface area contributed by atoms with Gasteiger partial charge in [-0.3, -0.25) is 4.68 Å². The summed E-state index contributed by atoms with van der Waals surface area (Å²) in [6, 6.07) is 3.97. The fourth-order valence-electron chi connectivity index (χ4n) is 1.65. The molecule has 0 aliphatic carbocycles. The second-order valence-corrected chi connectivity index (χ2v) is 4.32. The van der Waals surface area contributed by atoms with Crippen molar-refractivity contribution in [2.75, 3.05) is 0 Å². The first-order valence-corrected chi connectivity index (χ1v) is 6.08. The minimum atomic E-state index is 0.140. The Kier molecular flexibility index (Phi) is 3.94. The Bertz CT molecular complexity index is 490. The van der Waals surface area contributed by atoms with Crippen LogP contribution in [-0.2, 0) is 13.0 Å². The van der Waals surface area contributed by atoms with E-state index >= 15 is 0 Å². The van der Waals surface area contributed by atoms with Gasteiger partial charge in [-0.25, -0.2) is 4.98 Å². The van der Waals surface area contributed by atoms with Crippen molar-refractivity contribution in [3.8, 4) is 11.6 Å². The van der Waals surface area contributed by atoms with Gasteiger partial charge in [0.1, 0.15) is 0 Å². The number of ether oxygens (including phenoxy) is 1. The molecule has 2 rings (SSSR count). The van der Waals surface area contributed by atoms with E-state index in [1.807, 2.05) is 32.2 Å². The Morgan fingerprint density at radius 2 is 2.22 bits per heavy atom. The second kappa shape index (κ2) is 5.64. The van der Waals surface area contributed by atoms with Gasteiger partial charge in [-0.05, 0) is 25.8 Å². The lowest BCUT2D eigenvalue weighted by molar-refractivity contribution is 0.461. The smallest absolute Gasteiger partial charge is 0.219 e. The number of aryl methyl sites for hydroxylation is 1. The minimum absolute atomic E-state index is 0.140. The van der Waals surface area contributed by atoms with Crippen LogP contribution in [-0.4, -0.2) is 20.8 Å². The fraction of sp³-hybridized carbons (Fsp3) is 0.385. The molecule has 0 amide bonds. The van der Waals surface area contributed by atoms with Crippen molar-refractivity contribution in [3.63, 3.8) is 0 Å². The van der Waals surface area contributed by atoms with E-state index < -0.39 is 0 Å². The highest BCUT2D eigenvalue weighted by Gasteiger charge is 2.03. The van der Waals surface area contributed by atoms with Gasteiger partial charge in [0.25, 0.3) is 0 Å². The van der Waals surface area contributed by atoms with Crippen molar-refractivity contribution in [2.45, 2.75) is 32.9 Å². The lowest BCUT2D eigenvalue weighted by Crippen LogP contribution is -2.17. The summed E-state index contributed by atoms with van der Waals surface area (Å²) >= 11 is 0. The third-order valence-electron chi connectivity index (χ3n) is 2.51. The SMILES string of the molecule is CCn1cc(Oc2ccc(CC(C)N)cn2)cn1. The maximum absolute atomic E-state index is 5.73. The molecule has 2 aromatic rings. The van der Waals surface area contributed by atoms with Gasteiger partial charge in [-0.15, -0.1) is 0 Å². The predicted octanol–water partition coefficient (Wildman–Crippen LogP) is 1.98. The average molecular weight is 246 g/mol. The van der Waals surface area contributed by atoms with Crippen LogP contribution in [0.2, 0.25) is 0 Å². The molecular formula is C13H18N4O. The molecule has 0 aliphatic heterocycles. The van der Waals surface area contributed by atoms with Crippen LogP contribution in [0.3, 0.4) is 0 Å². The van der Waals surface area contributed by atoms with E-state index in [2.05, 4.69) is 10.1 Å². The zero-order valence-corrected chi connectivity index (χ0v) is 10.7. The van der Waals surface area contributed by atoms with E-state index in [9.17, 15) is 0 Å². The van der Waals surface area contributed by atoms with E-state index in [4.69, 9.17) is 10.5 Å². The van der Waals surface area contributed by atoms with Crippen LogP contribution in [0.1, 0.15) is 19.4 Å². The summed E-state index contributed by atoms with van der Waals surface area (Å²) in [6.07, 6.45) is 6.14. The molecule has 1 atom stereocenters. The van der Waals surface area contributed by atoms with E-state index in [1.54, 1.807) is 17.1 Å². The molecule has 5 heteroatoms. The van der Waals surface area contributed by atoms with Gasteiger partial charge in [-0.2, -0.15) is 5.10 Å². The fourth-order valence-corrected chi connectivity index (χ4v) is 1.65. The Labute approximate surface area is 107 Å². The molecular weight excluding hydrogens is 228 g/mol. The first-order valence-electron chi connectivity index (χ1n) is 6.08. The zero-order chi connectivity index (χ0) is 13.0. The Balaban J connectivity index is 2.01. The Morgan fingerprint density at radius 3 is 2.78 bits per heavy atom. The highest BCUT2D eigenvalue weighted by Crippen LogP contribution is 2.18. The molecule has 0 aliphatic rings. The summed E-state index contributed by atoms with van der Waals surface area (Å²) < 4.78 is 7.40. The highest BCUT2D eigenvalue weighted by atomic mass is 16.5. The monoisotopic (exact) mass is 246 g/mol. The topological polar surface area (TPSA) is 66.0 Å². The molecule has 0 aromatic carbocycles. The Hall–Kier alpha value is -1.88. The van der Waals surface area contributed by atoms with Gasteiger partial charge in [0, 0.05) is 24.8 Å². The van der Waals surface area contributed by atoms with Crippen LogP contribution >= 0.6 is 0 Å². The normalized spacial score (nSPS) is 12.4. The average Bonchev–Trinajstić information content (AvgIpc) is 2.79.